The van der Waals surface area contributed by atoms with Crippen molar-refractivity contribution in [2.45, 2.75) is 50.8 Å². The van der Waals surface area contributed by atoms with E-state index in [0.717, 1.165) is 6.20 Å². The summed E-state index contributed by atoms with van der Waals surface area (Å²) in [6.07, 6.45) is 1.16. The summed E-state index contributed by atoms with van der Waals surface area (Å²) < 4.78 is 37.0. The second-order valence-electron chi connectivity index (χ2n) is 7.26. The van der Waals surface area contributed by atoms with Crippen molar-refractivity contribution in [3.63, 3.8) is 0 Å². The van der Waals surface area contributed by atoms with Gasteiger partial charge in [0.2, 0.25) is 10.0 Å². The van der Waals surface area contributed by atoms with Crippen LogP contribution in [0.4, 0.5) is 5.69 Å². The van der Waals surface area contributed by atoms with Crippen LogP contribution in [0.25, 0.3) is 0 Å². The van der Waals surface area contributed by atoms with E-state index in [1.165, 1.54) is 38.1 Å². The quantitative estimate of drug-likeness (QED) is 0.465. The second kappa shape index (κ2) is 6.73. The van der Waals surface area contributed by atoms with Gasteiger partial charge < -0.3 is 14.8 Å². The van der Waals surface area contributed by atoms with Gasteiger partial charge in [-0.15, -0.1) is 0 Å². The second-order valence-corrected chi connectivity index (χ2v) is 8.94. The number of esters is 2. The first-order valence-electron chi connectivity index (χ1n) is 7.87. The molecule has 26 heavy (non-hydrogen) atoms. The summed E-state index contributed by atoms with van der Waals surface area (Å²) >= 11 is 0. The van der Waals surface area contributed by atoms with E-state index < -0.39 is 33.3 Å². The van der Waals surface area contributed by atoms with Crippen LogP contribution in [-0.2, 0) is 29.1 Å². The van der Waals surface area contributed by atoms with Crippen molar-refractivity contribution in [2.24, 2.45) is 0 Å². The lowest BCUT2D eigenvalue weighted by molar-refractivity contribution is -0.222. The van der Waals surface area contributed by atoms with Crippen LogP contribution in [0.15, 0.2) is 40.9 Å². The SMILES string of the molecule is CC(C)(C)NS(=O)(=O)c1ccc(NC=C2C(=O)OC(C)(C)OC2=O)cc1. The molecule has 0 saturated carbocycles. The minimum atomic E-state index is -3.64. The highest BCUT2D eigenvalue weighted by Gasteiger charge is 2.38. The molecule has 1 aliphatic heterocycles. The molecule has 0 atom stereocenters. The number of sulfonamides is 1. The van der Waals surface area contributed by atoms with Crippen LogP contribution in [0.3, 0.4) is 0 Å². The molecule has 0 bridgehead atoms. The normalized spacial score (nSPS) is 17.3. The van der Waals surface area contributed by atoms with Gasteiger partial charge in [0.15, 0.2) is 5.57 Å². The maximum absolute atomic E-state index is 12.2. The lowest BCUT2D eigenvalue weighted by atomic mass is 10.1. The van der Waals surface area contributed by atoms with Gasteiger partial charge in [-0.2, -0.15) is 0 Å². The minimum Gasteiger partial charge on any atom is -0.419 e. The van der Waals surface area contributed by atoms with Gasteiger partial charge in [-0.25, -0.2) is 22.7 Å². The van der Waals surface area contributed by atoms with E-state index in [2.05, 4.69) is 10.0 Å². The Morgan fingerprint density at radius 2 is 1.50 bits per heavy atom. The highest BCUT2D eigenvalue weighted by atomic mass is 32.2. The number of carbonyl (C=O) groups is 2. The van der Waals surface area contributed by atoms with Gasteiger partial charge in [-0.3, -0.25) is 0 Å². The number of nitrogens with one attached hydrogen (secondary N) is 2. The third-order valence-corrected chi connectivity index (χ3v) is 4.88. The molecule has 1 heterocycles. The largest absolute Gasteiger partial charge is 0.419 e. The monoisotopic (exact) mass is 382 g/mol. The fraction of sp³-hybridized carbons (Fsp3) is 0.412. The Hall–Kier alpha value is -2.39. The maximum atomic E-state index is 12.2. The predicted molar refractivity (Wildman–Crippen MR) is 94.5 cm³/mol. The van der Waals surface area contributed by atoms with E-state index in [9.17, 15) is 18.0 Å². The molecule has 2 rings (SSSR count). The van der Waals surface area contributed by atoms with Gasteiger partial charge in [-0.1, -0.05) is 0 Å². The number of anilines is 1. The number of hydrogen-bond donors (Lipinski definition) is 2. The molecule has 0 spiro atoms. The smallest absolute Gasteiger partial charge is 0.350 e. The third-order valence-electron chi connectivity index (χ3n) is 3.11. The van der Waals surface area contributed by atoms with Crippen LogP contribution in [-0.4, -0.2) is 31.7 Å². The predicted octanol–water partition coefficient (Wildman–Crippen LogP) is 1.90. The molecule has 0 aromatic heterocycles. The summed E-state index contributed by atoms with van der Waals surface area (Å²) in [5.74, 6) is -2.90. The lowest BCUT2D eigenvalue weighted by Gasteiger charge is -2.29. The van der Waals surface area contributed by atoms with E-state index in [0.29, 0.717) is 5.69 Å². The van der Waals surface area contributed by atoms with Crippen LogP contribution >= 0.6 is 0 Å². The van der Waals surface area contributed by atoms with Crippen LogP contribution in [0.5, 0.6) is 0 Å². The van der Waals surface area contributed by atoms with E-state index in [-0.39, 0.29) is 10.5 Å². The average Bonchev–Trinajstić information content (AvgIpc) is 2.43. The topological polar surface area (TPSA) is 111 Å². The van der Waals surface area contributed by atoms with Gasteiger partial charge in [0, 0.05) is 31.3 Å². The van der Waals surface area contributed by atoms with Crippen molar-refractivity contribution in [3.8, 4) is 0 Å². The summed E-state index contributed by atoms with van der Waals surface area (Å²) in [6, 6.07) is 5.85. The van der Waals surface area contributed by atoms with Crippen molar-refractivity contribution < 1.29 is 27.5 Å². The standard InChI is InChI=1S/C17H22N2O6S/c1-16(2,3)19-26(22,23)12-8-6-11(7-9-12)18-10-13-14(20)24-17(4,5)25-15(13)21/h6-10,18-19H,1-5H3. The van der Waals surface area contributed by atoms with Crippen molar-refractivity contribution in [2.75, 3.05) is 5.32 Å². The fourth-order valence-corrected chi connectivity index (χ4v) is 3.54. The molecule has 1 saturated heterocycles. The summed E-state index contributed by atoms with van der Waals surface area (Å²) in [5.41, 5.74) is -0.400. The molecule has 1 aromatic rings. The average molecular weight is 382 g/mol. The first-order chi connectivity index (χ1) is 11.8. The van der Waals surface area contributed by atoms with Crippen molar-refractivity contribution in [3.05, 3.63) is 36.0 Å². The Labute approximate surface area is 152 Å². The fourth-order valence-electron chi connectivity index (χ4n) is 2.13. The van der Waals surface area contributed by atoms with E-state index in [1.807, 2.05) is 0 Å². The minimum absolute atomic E-state index is 0.101. The molecule has 1 fully saturated rings. The Balaban J connectivity index is 2.13. The summed E-state index contributed by atoms with van der Waals surface area (Å²) in [4.78, 5) is 23.8. The van der Waals surface area contributed by atoms with E-state index >= 15 is 0 Å². The zero-order chi connectivity index (χ0) is 19.8. The van der Waals surface area contributed by atoms with E-state index in [1.54, 1.807) is 20.8 Å². The van der Waals surface area contributed by atoms with Crippen LogP contribution < -0.4 is 10.0 Å². The Morgan fingerprint density at radius 1 is 1.00 bits per heavy atom. The molecule has 0 amide bonds. The Morgan fingerprint density at radius 3 is 1.96 bits per heavy atom. The summed E-state index contributed by atoms with van der Waals surface area (Å²) in [6.45, 7) is 8.15. The van der Waals surface area contributed by atoms with Crippen molar-refractivity contribution in [1.29, 1.82) is 0 Å². The van der Waals surface area contributed by atoms with Crippen LogP contribution in [0.1, 0.15) is 34.6 Å². The lowest BCUT2D eigenvalue weighted by Crippen LogP contribution is -2.42. The van der Waals surface area contributed by atoms with Gasteiger partial charge >= 0.3 is 11.9 Å². The van der Waals surface area contributed by atoms with Gasteiger partial charge in [0.25, 0.3) is 5.79 Å². The molecule has 142 valence electrons. The molecule has 9 heteroatoms. The van der Waals surface area contributed by atoms with Gasteiger partial charge in [0.05, 0.1) is 4.90 Å². The Kier molecular flexibility index (Phi) is 5.16. The molecular formula is C17H22N2O6S. The molecule has 1 aliphatic rings. The molecule has 1 aromatic carbocycles. The zero-order valence-corrected chi connectivity index (χ0v) is 16.1. The molecule has 0 aliphatic carbocycles. The molecule has 0 unspecified atom stereocenters. The number of carbonyl (C=O) groups excluding carboxylic acids is 2. The first kappa shape index (κ1) is 19.9. The molecule has 8 nitrogen and oxygen atoms in total. The van der Waals surface area contributed by atoms with Crippen molar-refractivity contribution >= 4 is 27.6 Å². The Bertz CT molecular complexity index is 826. The van der Waals surface area contributed by atoms with Crippen molar-refractivity contribution in [1.82, 2.24) is 4.72 Å². The molecular weight excluding hydrogens is 360 g/mol. The first-order valence-corrected chi connectivity index (χ1v) is 9.35. The maximum Gasteiger partial charge on any atom is 0.350 e. The number of rotatable bonds is 4. The number of hydrogen-bond acceptors (Lipinski definition) is 7. The zero-order valence-electron chi connectivity index (χ0n) is 15.2. The van der Waals surface area contributed by atoms with Crippen LogP contribution in [0.2, 0.25) is 0 Å². The highest BCUT2D eigenvalue weighted by Crippen LogP contribution is 2.23. The van der Waals surface area contributed by atoms with E-state index in [4.69, 9.17) is 9.47 Å². The highest BCUT2D eigenvalue weighted by molar-refractivity contribution is 7.89. The number of cyclic esters (lactones) is 2. The number of benzene rings is 1. The molecule has 2 N–H and O–H groups in total. The van der Waals surface area contributed by atoms with Crippen LogP contribution in [0, 0.1) is 0 Å². The molecule has 0 radical (unpaired) electrons. The summed E-state index contributed by atoms with van der Waals surface area (Å²) in [7, 11) is -3.64. The number of ether oxygens (including phenoxy) is 2. The van der Waals surface area contributed by atoms with Gasteiger partial charge in [-0.05, 0) is 45.0 Å². The third kappa shape index (κ3) is 5.06. The summed E-state index contributed by atoms with van der Waals surface area (Å²) in [5, 5.41) is 2.75. The van der Waals surface area contributed by atoms with Gasteiger partial charge in [0.1, 0.15) is 0 Å².